The van der Waals surface area contributed by atoms with Crippen LogP contribution in [0.1, 0.15) is 37.0 Å². The second-order valence-corrected chi connectivity index (χ2v) is 7.73. The molecule has 0 spiro atoms. The fraction of sp³-hybridized carbons (Fsp3) is 0.409. The van der Waals surface area contributed by atoms with Crippen molar-refractivity contribution in [2.75, 3.05) is 36.0 Å². The highest BCUT2D eigenvalue weighted by atomic mass is 35.5. The number of nitrogen functional groups attached to an aromatic ring is 1. The molecule has 4 N–H and O–H groups in total. The van der Waals surface area contributed by atoms with Crippen molar-refractivity contribution in [2.45, 2.75) is 32.7 Å². The number of benzene rings is 2. The molecule has 0 radical (unpaired) electrons. The monoisotopic (exact) mass is 474 g/mol. The van der Waals surface area contributed by atoms with Crippen molar-refractivity contribution in [3.05, 3.63) is 54.1 Å². The predicted molar refractivity (Wildman–Crippen MR) is 135 cm³/mol. The van der Waals surface area contributed by atoms with Gasteiger partial charge in [0.1, 0.15) is 0 Å². The first kappa shape index (κ1) is 28.3. The third-order valence-corrected chi connectivity index (χ3v) is 4.94. The van der Waals surface area contributed by atoms with Crippen LogP contribution in [0.3, 0.4) is 0 Å². The lowest BCUT2D eigenvalue weighted by atomic mass is 10.0. The number of carbonyl (C=O) groups is 1. The van der Waals surface area contributed by atoms with Crippen LogP contribution in [-0.2, 0) is 0 Å². The van der Waals surface area contributed by atoms with Gasteiger partial charge in [-0.05, 0) is 55.2 Å². The molecule has 1 heterocycles. The van der Waals surface area contributed by atoms with E-state index >= 15 is 0 Å². The average molecular weight is 476 g/mol. The lowest BCUT2D eigenvalue weighted by molar-refractivity contribution is 0.102. The van der Waals surface area contributed by atoms with E-state index in [9.17, 15) is 4.79 Å². The van der Waals surface area contributed by atoms with Crippen molar-refractivity contribution in [1.82, 2.24) is 4.90 Å². The zero-order valence-electron chi connectivity index (χ0n) is 17.5. The highest BCUT2D eigenvalue weighted by Crippen LogP contribution is 2.20. The number of amides is 1. The molecule has 0 saturated carbocycles. The number of para-hydroxylation sites is 2. The van der Waals surface area contributed by atoms with E-state index in [1.807, 2.05) is 36.4 Å². The summed E-state index contributed by atoms with van der Waals surface area (Å²) in [5.41, 5.74) is 8.77. The van der Waals surface area contributed by atoms with Gasteiger partial charge in [0.2, 0.25) is 0 Å². The maximum atomic E-state index is 12.4. The number of nitrogens with one attached hydrogen (secondary N) is 2. The molecule has 2 aromatic carbocycles. The molecule has 1 fully saturated rings. The first-order valence-electron chi connectivity index (χ1n) is 9.76. The maximum absolute atomic E-state index is 12.4. The van der Waals surface area contributed by atoms with Crippen LogP contribution in [0, 0.1) is 5.92 Å². The zero-order valence-corrected chi connectivity index (χ0v) is 19.9. The number of hydrogen-bond acceptors (Lipinski definition) is 4. The fourth-order valence-electron chi connectivity index (χ4n) is 3.54. The van der Waals surface area contributed by atoms with Crippen molar-refractivity contribution in [3.8, 4) is 0 Å². The molecule has 1 aliphatic rings. The number of anilines is 3. The Morgan fingerprint density at radius 3 is 2.20 bits per heavy atom. The number of nitrogens with two attached hydrogens (primary N) is 1. The molecule has 168 valence electrons. The minimum absolute atomic E-state index is 0. The second kappa shape index (κ2) is 13.6. The number of piperidine rings is 1. The maximum Gasteiger partial charge on any atom is 0.255 e. The molecule has 1 amide bonds. The van der Waals surface area contributed by atoms with E-state index in [4.69, 9.17) is 5.73 Å². The van der Waals surface area contributed by atoms with Gasteiger partial charge >= 0.3 is 0 Å². The summed E-state index contributed by atoms with van der Waals surface area (Å²) in [6.45, 7) is 8.02. The number of carbonyl (C=O) groups excluding carboxylic acids is 1. The van der Waals surface area contributed by atoms with E-state index in [1.165, 1.54) is 6.54 Å². The lowest BCUT2D eigenvalue weighted by Gasteiger charge is -2.33. The van der Waals surface area contributed by atoms with Gasteiger partial charge in [0.15, 0.2) is 0 Å². The Labute approximate surface area is 198 Å². The van der Waals surface area contributed by atoms with Gasteiger partial charge in [-0.1, -0.05) is 26.0 Å². The highest BCUT2D eigenvalue weighted by molar-refractivity contribution is 6.05. The molecule has 8 heteroatoms. The smallest absolute Gasteiger partial charge is 0.255 e. The Balaban J connectivity index is 0.00000280. The summed E-state index contributed by atoms with van der Waals surface area (Å²) in [7, 11) is 0. The molecular weight excluding hydrogens is 443 g/mol. The van der Waals surface area contributed by atoms with E-state index in [-0.39, 0.29) is 43.1 Å². The summed E-state index contributed by atoms with van der Waals surface area (Å²) in [5, 5.41) is 6.46. The molecule has 1 aliphatic heterocycles. The van der Waals surface area contributed by atoms with Crippen molar-refractivity contribution < 1.29 is 4.79 Å². The third kappa shape index (κ3) is 8.23. The van der Waals surface area contributed by atoms with Crippen molar-refractivity contribution in [2.24, 2.45) is 5.92 Å². The number of nitrogens with zero attached hydrogens (tertiary/aromatic N) is 1. The van der Waals surface area contributed by atoms with Crippen molar-refractivity contribution in [3.63, 3.8) is 0 Å². The summed E-state index contributed by atoms with van der Waals surface area (Å²) < 4.78 is 0. The Morgan fingerprint density at radius 1 is 1.03 bits per heavy atom. The molecule has 0 aliphatic carbocycles. The van der Waals surface area contributed by atoms with Gasteiger partial charge in [-0.25, -0.2) is 0 Å². The summed E-state index contributed by atoms with van der Waals surface area (Å²) in [5.74, 6) is 0.570. The predicted octanol–water partition coefficient (Wildman–Crippen LogP) is 5.32. The molecule has 0 unspecified atom stereocenters. The molecule has 1 saturated heterocycles. The molecule has 0 aromatic heterocycles. The van der Waals surface area contributed by atoms with Crippen LogP contribution < -0.4 is 16.4 Å². The quantitative estimate of drug-likeness (QED) is 0.495. The van der Waals surface area contributed by atoms with Gasteiger partial charge in [-0.3, -0.25) is 4.79 Å². The molecule has 0 bridgehead atoms. The summed E-state index contributed by atoms with van der Waals surface area (Å²) >= 11 is 0. The van der Waals surface area contributed by atoms with Crippen LogP contribution in [0.2, 0.25) is 0 Å². The standard InChI is InChI=1S/C22H30N4O.3ClH/c1-16(2)15-26-13-11-19(12-14-26)24-18-9-7-17(8-10-18)22(27)25-21-6-4-3-5-20(21)23;;;/h3-10,16,19,24H,11-15,23H2,1-2H3,(H,25,27);3*1H. The molecule has 3 rings (SSSR count). The number of hydrogen-bond donors (Lipinski definition) is 3. The van der Waals surface area contributed by atoms with Crippen LogP contribution >= 0.6 is 37.2 Å². The Hall–Kier alpha value is -1.66. The van der Waals surface area contributed by atoms with E-state index in [2.05, 4.69) is 29.4 Å². The van der Waals surface area contributed by atoms with E-state index in [1.54, 1.807) is 12.1 Å². The van der Waals surface area contributed by atoms with E-state index in [0.29, 0.717) is 23.0 Å². The van der Waals surface area contributed by atoms with Crippen LogP contribution in [-0.4, -0.2) is 36.5 Å². The lowest BCUT2D eigenvalue weighted by Crippen LogP contribution is -2.40. The Morgan fingerprint density at radius 2 is 1.63 bits per heavy atom. The molecule has 30 heavy (non-hydrogen) atoms. The first-order chi connectivity index (χ1) is 13.0. The topological polar surface area (TPSA) is 70.4 Å². The first-order valence-corrected chi connectivity index (χ1v) is 9.76. The number of likely N-dealkylation sites (tertiary alicyclic amines) is 1. The van der Waals surface area contributed by atoms with Gasteiger partial charge in [-0.15, -0.1) is 37.2 Å². The largest absolute Gasteiger partial charge is 0.397 e. The summed E-state index contributed by atoms with van der Waals surface area (Å²) in [4.78, 5) is 14.9. The summed E-state index contributed by atoms with van der Waals surface area (Å²) in [6.07, 6.45) is 2.31. The minimum atomic E-state index is -0.151. The van der Waals surface area contributed by atoms with Gasteiger partial charge in [-0.2, -0.15) is 0 Å². The minimum Gasteiger partial charge on any atom is -0.397 e. The van der Waals surface area contributed by atoms with Crippen LogP contribution in [0.25, 0.3) is 0 Å². The SMILES string of the molecule is CC(C)CN1CCC(Nc2ccc(C(=O)Nc3ccccc3N)cc2)CC1.Cl.Cl.Cl. The van der Waals surface area contributed by atoms with Crippen molar-refractivity contribution in [1.29, 1.82) is 0 Å². The Bertz CT molecular complexity index is 763. The Kier molecular flexibility index (Phi) is 12.9. The highest BCUT2D eigenvalue weighted by Gasteiger charge is 2.19. The number of halogens is 3. The molecule has 0 atom stereocenters. The average Bonchev–Trinajstić information content (AvgIpc) is 2.65. The third-order valence-electron chi connectivity index (χ3n) is 4.94. The molecule has 5 nitrogen and oxygen atoms in total. The van der Waals surface area contributed by atoms with Gasteiger partial charge < -0.3 is 21.3 Å². The molecular formula is C22H33Cl3N4O. The number of rotatable bonds is 6. The summed E-state index contributed by atoms with van der Waals surface area (Å²) in [6, 6.07) is 15.4. The van der Waals surface area contributed by atoms with Crippen molar-refractivity contribution >= 4 is 60.2 Å². The zero-order chi connectivity index (χ0) is 19.2. The fourth-order valence-corrected chi connectivity index (χ4v) is 3.54. The second-order valence-electron chi connectivity index (χ2n) is 7.73. The van der Waals surface area contributed by atoms with Gasteiger partial charge in [0, 0.05) is 36.9 Å². The van der Waals surface area contributed by atoms with E-state index in [0.717, 1.165) is 37.5 Å². The van der Waals surface area contributed by atoms with Gasteiger partial charge in [0.05, 0.1) is 11.4 Å². The normalized spacial score (nSPS) is 14.1. The molecule has 2 aromatic rings. The van der Waals surface area contributed by atoms with Crippen LogP contribution in [0.5, 0.6) is 0 Å². The van der Waals surface area contributed by atoms with Crippen LogP contribution in [0.4, 0.5) is 17.1 Å². The van der Waals surface area contributed by atoms with Crippen LogP contribution in [0.15, 0.2) is 48.5 Å². The van der Waals surface area contributed by atoms with Gasteiger partial charge in [0.25, 0.3) is 5.91 Å². The van der Waals surface area contributed by atoms with E-state index < -0.39 is 0 Å².